The van der Waals surface area contributed by atoms with Gasteiger partial charge in [0.1, 0.15) is 48.8 Å². The molecular formula is C19H37N3O11. The van der Waals surface area contributed by atoms with Gasteiger partial charge in [0.25, 0.3) is 0 Å². The van der Waals surface area contributed by atoms with Crippen molar-refractivity contribution in [3.05, 3.63) is 0 Å². The van der Waals surface area contributed by atoms with Crippen LogP contribution >= 0.6 is 0 Å². The van der Waals surface area contributed by atoms with Gasteiger partial charge in [0.2, 0.25) is 6.29 Å². The van der Waals surface area contributed by atoms with E-state index < -0.39 is 85.7 Å². The van der Waals surface area contributed by atoms with Crippen LogP contribution < -0.4 is 17.2 Å². The third kappa shape index (κ3) is 5.49. The van der Waals surface area contributed by atoms with Gasteiger partial charge in [0, 0.05) is 12.6 Å². The molecule has 194 valence electrons. The second-order valence-corrected chi connectivity index (χ2v) is 9.15. The summed E-state index contributed by atoms with van der Waals surface area (Å²) >= 11 is 0. The van der Waals surface area contributed by atoms with Crippen LogP contribution in [0.15, 0.2) is 0 Å². The Morgan fingerprint density at radius 2 is 1.55 bits per heavy atom. The van der Waals surface area contributed by atoms with E-state index in [2.05, 4.69) is 0 Å². The number of aliphatic hydroxyl groups is 6. The fourth-order valence-electron chi connectivity index (χ4n) is 4.45. The van der Waals surface area contributed by atoms with Crippen molar-refractivity contribution in [2.75, 3.05) is 6.54 Å². The lowest BCUT2D eigenvalue weighted by atomic mass is 9.80. The highest BCUT2D eigenvalue weighted by Gasteiger charge is 2.51. The third-order valence-corrected chi connectivity index (χ3v) is 6.57. The number of nitrogens with two attached hydrogens (primary N) is 3. The molecule has 2 heterocycles. The fraction of sp³-hybridized carbons (Fsp3) is 1.00. The van der Waals surface area contributed by atoms with Crippen LogP contribution in [0.25, 0.3) is 0 Å². The van der Waals surface area contributed by atoms with Gasteiger partial charge in [0.15, 0.2) is 6.29 Å². The number of aliphatic hydroxyl groups excluding tert-OH is 6. The van der Waals surface area contributed by atoms with Gasteiger partial charge >= 0.3 is 0 Å². The van der Waals surface area contributed by atoms with E-state index in [4.69, 9.17) is 41.2 Å². The summed E-state index contributed by atoms with van der Waals surface area (Å²) in [7, 11) is 0. The van der Waals surface area contributed by atoms with E-state index >= 15 is 0 Å². The average Bonchev–Trinajstić information content (AvgIpc) is 3.04. The molecule has 15 atom stereocenters. The van der Waals surface area contributed by atoms with Gasteiger partial charge in [-0.3, -0.25) is 0 Å². The predicted molar refractivity (Wildman–Crippen MR) is 109 cm³/mol. The lowest BCUT2D eigenvalue weighted by Crippen LogP contribution is -2.67. The molecule has 3 rings (SSSR count). The Labute approximate surface area is 191 Å². The van der Waals surface area contributed by atoms with Gasteiger partial charge in [-0.1, -0.05) is 6.92 Å². The molecule has 33 heavy (non-hydrogen) atoms. The summed E-state index contributed by atoms with van der Waals surface area (Å²) in [5.41, 5.74) is 17.7. The molecule has 3 aliphatic rings. The SMILES string of the molecule is CC(O)C1O[C@H](O[C@@H]2C(N)C[C@@H](C)C(O)[C@H]2OO[C@@H]2O[C@H](CN)[C@H](O)C2O)C(N)[C@@H](O)[C@@H]1O. The molecule has 2 saturated heterocycles. The Kier molecular flexibility index (Phi) is 9.02. The first-order chi connectivity index (χ1) is 15.5. The number of hydrogen-bond donors (Lipinski definition) is 9. The van der Waals surface area contributed by atoms with Crippen molar-refractivity contribution in [2.45, 2.75) is 106 Å². The van der Waals surface area contributed by atoms with Crippen LogP contribution in [0.2, 0.25) is 0 Å². The van der Waals surface area contributed by atoms with Gasteiger partial charge in [0.05, 0.1) is 18.2 Å². The van der Waals surface area contributed by atoms with E-state index in [9.17, 15) is 30.6 Å². The van der Waals surface area contributed by atoms with E-state index in [1.807, 2.05) is 0 Å². The van der Waals surface area contributed by atoms with Crippen LogP contribution in [0.4, 0.5) is 0 Å². The summed E-state index contributed by atoms with van der Waals surface area (Å²) < 4.78 is 16.8. The zero-order valence-corrected chi connectivity index (χ0v) is 18.5. The normalized spacial score (nSPS) is 52.1. The third-order valence-electron chi connectivity index (χ3n) is 6.57. The van der Waals surface area contributed by atoms with Gasteiger partial charge < -0.3 is 62.1 Å². The summed E-state index contributed by atoms with van der Waals surface area (Å²) in [6.45, 7) is 3.06. The summed E-state index contributed by atoms with van der Waals surface area (Å²) in [5, 5.41) is 61.0. The molecule has 1 aliphatic carbocycles. The summed E-state index contributed by atoms with van der Waals surface area (Å²) in [6, 6.07) is -1.88. The van der Waals surface area contributed by atoms with Crippen LogP contribution in [0.5, 0.6) is 0 Å². The summed E-state index contributed by atoms with van der Waals surface area (Å²) in [6.07, 6.45) is -14.5. The average molecular weight is 484 g/mol. The first-order valence-electron chi connectivity index (χ1n) is 11.1. The molecule has 1 saturated carbocycles. The highest BCUT2D eigenvalue weighted by molar-refractivity contribution is 4.98. The van der Waals surface area contributed by atoms with Crippen LogP contribution in [-0.4, -0.2) is 123 Å². The predicted octanol–water partition coefficient (Wildman–Crippen LogP) is -5.02. The minimum absolute atomic E-state index is 0.0622. The van der Waals surface area contributed by atoms with Crippen LogP contribution in [-0.2, 0) is 24.0 Å². The van der Waals surface area contributed by atoms with Crippen molar-refractivity contribution in [1.29, 1.82) is 0 Å². The quantitative estimate of drug-likeness (QED) is 0.122. The first-order valence-corrected chi connectivity index (χ1v) is 11.1. The molecule has 3 fully saturated rings. The van der Waals surface area contributed by atoms with E-state index in [0.717, 1.165) is 0 Å². The largest absolute Gasteiger partial charge is 0.391 e. The topological polar surface area (TPSA) is 246 Å². The van der Waals surface area contributed by atoms with E-state index in [1.165, 1.54) is 6.92 Å². The van der Waals surface area contributed by atoms with Crippen molar-refractivity contribution in [3.63, 3.8) is 0 Å². The first kappa shape index (κ1) is 27.0. The monoisotopic (exact) mass is 483 g/mol. The molecular weight excluding hydrogens is 446 g/mol. The maximum absolute atomic E-state index is 10.7. The number of ether oxygens (including phenoxy) is 3. The molecule has 0 amide bonds. The molecule has 0 aromatic carbocycles. The molecule has 6 unspecified atom stereocenters. The molecule has 2 aliphatic heterocycles. The molecule has 12 N–H and O–H groups in total. The Balaban J connectivity index is 1.73. The zero-order chi connectivity index (χ0) is 24.6. The zero-order valence-electron chi connectivity index (χ0n) is 18.5. The van der Waals surface area contributed by atoms with Crippen molar-refractivity contribution >= 4 is 0 Å². The van der Waals surface area contributed by atoms with Crippen LogP contribution in [0.3, 0.4) is 0 Å². The van der Waals surface area contributed by atoms with E-state index in [-0.39, 0.29) is 12.5 Å². The van der Waals surface area contributed by atoms with Gasteiger partial charge in [-0.2, -0.15) is 0 Å². The highest BCUT2D eigenvalue weighted by Crippen LogP contribution is 2.33. The number of rotatable bonds is 7. The van der Waals surface area contributed by atoms with Crippen molar-refractivity contribution in [2.24, 2.45) is 23.1 Å². The van der Waals surface area contributed by atoms with Crippen molar-refractivity contribution in [3.8, 4) is 0 Å². The lowest BCUT2D eigenvalue weighted by molar-refractivity contribution is -0.432. The lowest BCUT2D eigenvalue weighted by Gasteiger charge is -2.47. The Morgan fingerprint density at radius 3 is 2.12 bits per heavy atom. The van der Waals surface area contributed by atoms with E-state index in [0.29, 0.717) is 6.42 Å². The van der Waals surface area contributed by atoms with Crippen molar-refractivity contribution < 1.29 is 54.6 Å². The van der Waals surface area contributed by atoms with Gasteiger partial charge in [-0.05, 0) is 19.3 Å². The molecule has 0 aromatic heterocycles. The molecule has 0 spiro atoms. The van der Waals surface area contributed by atoms with E-state index in [1.54, 1.807) is 6.92 Å². The summed E-state index contributed by atoms with van der Waals surface area (Å²) in [5.74, 6) is -0.316. The molecule has 0 radical (unpaired) electrons. The van der Waals surface area contributed by atoms with Crippen LogP contribution in [0.1, 0.15) is 20.3 Å². The standard InChI is InChI=1S/C19H37N3O11/c1-5-3-7(21)16(31-18-9(22)12(26)13(27)15(30-18)6(2)23)17(10(5)24)32-33-19-14(28)11(25)8(4-20)29-19/h5-19,23-28H,3-4,20-22H2,1-2H3/t5-,6?,7?,8-,9?,10?,11+,12-,13+,14?,15?,16-,17-,18-,19+/m1/s1. The molecule has 14 nitrogen and oxygen atoms in total. The minimum atomic E-state index is -1.46. The maximum atomic E-state index is 10.7. The van der Waals surface area contributed by atoms with Crippen molar-refractivity contribution in [1.82, 2.24) is 0 Å². The molecule has 14 heteroatoms. The second kappa shape index (κ2) is 11.0. The van der Waals surface area contributed by atoms with Gasteiger partial charge in [-0.25, -0.2) is 9.78 Å². The molecule has 0 aromatic rings. The Bertz CT molecular complexity index is 634. The van der Waals surface area contributed by atoms with Gasteiger partial charge in [-0.15, -0.1) is 0 Å². The minimum Gasteiger partial charge on any atom is -0.391 e. The second-order valence-electron chi connectivity index (χ2n) is 9.15. The maximum Gasteiger partial charge on any atom is 0.220 e. The summed E-state index contributed by atoms with van der Waals surface area (Å²) in [4.78, 5) is 10.6. The smallest absolute Gasteiger partial charge is 0.220 e. The molecule has 0 bridgehead atoms. The number of hydrogen-bond acceptors (Lipinski definition) is 14. The fourth-order valence-corrected chi connectivity index (χ4v) is 4.45. The Hall–Kier alpha value is -0.560. The highest BCUT2D eigenvalue weighted by atomic mass is 17.2. The van der Waals surface area contributed by atoms with Crippen LogP contribution in [0, 0.1) is 5.92 Å². The Morgan fingerprint density at radius 1 is 0.879 bits per heavy atom.